The average Bonchev–Trinajstić information content (AvgIpc) is 2.99. The number of aromatic amines is 1. The molecule has 1 aliphatic carbocycles. The van der Waals surface area contributed by atoms with Gasteiger partial charge in [-0.3, -0.25) is 0 Å². The van der Waals surface area contributed by atoms with Crippen molar-refractivity contribution in [3.63, 3.8) is 0 Å². The minimum absolute atomic E-state index is 0.263. The Kier molecular flexibility index (Phi) is 3.99. The highest BCUT2D eigenvalue weighted by molar-refractivity contribution is 9.10. The zero-order chi connectivity index (χ0) is 14.3. The van der Waals surface area contributed by atoms with Gasteiger partial charge in [-0.15, -0.1) is 0 Å². The SMILES string of the molecule is CSC1(Cn2c(=S)[nH]c3cc(F)c(Br)cc32)CCCC1. The molecule has 2 aromatic rings. The molecule has 0 aliphatic heterocycles. The molecule has 0 bridgehead atoms. The maximum Gasteiger partial charge on any atom is 0.178 e. The molecule has 0 amide bonds. The Bertz CT molecular complexity index is 701. The summed E-state index contributed by atoms with van der Waals surface area (Å²) in [4.78, 5) is 3.12. The minimum atomic E-state index is -0.263. The summed E-state index contributed by atoms with van der Waals surface area (Å²) in [6.07, 6.45) is 7.21. The van der Waals surface area contributed by atoms with Gasteiger partial charge in [0.15, 0.2) is 4.77 Å². The van der Waals surface area contributed by atoms with Crippen molar-refractivity contribution < 1.29 is 4.39 Å². The van der Waals surface area contributed by atoms with Crippen LogP contribution < -0.4 is 0 Å². The van der Waals surface area contributed by atoms with Gasteiger partial charge in [0.2, 0.25) is 0 Å². The fourth-order valence-corrected chi connectivity index (χ4v) is 4.60. The molecule has 3 rings (SSSR count). The van der Waals surface area contributed by atoms with E-state index in [1.165, 1.54) is 31.7 Å². The number of fused-ring (bicyclic) bond motifs is 1. The van der Waals surface area contributed by atoms with Crippen LogP contribution in [-0.4, -0.2) is 20.6 Å². The molecule has 1 aromatic carbocycles. The van der Waals surface area contributed by atoms with Crippen LogP contribution in [0.4, 0.5) is 4.39 Å². The Balaban J connectivity index is 2.09. The summed E-state index contributed by atoms with van der Waals surface area (Å²) in [5.74, 6) is -0.263. The maximum atomic E-state index is 13.6. The van der Waals surface area contributed by atoms with E-state index in [1.54, 1.807) is 0 Å². The Morgan fingerprint density at radius 3 is 2.80 bits per heavy atom. The standard InChI is InChI=1S/C14H16BrFN2S2/c1-20-14(4-2-3-5-14)8-18-12-6-9(15)10(16)7-11(12)17-13(18)19/h6-7H,2-5,8H2,1H3,(H,17,19). The van der Waals surface area contributed by atoms with Crippen molar-refractivity contribution >= 4 is 50.9 Å². The lowest BCUT2D eigenvalue weighted by Gasteiger charge is -2.27. The van der Waals surface area contributed by atoms with E-state index in [-0.39, 0.29) is 10.6 Å². The smallest absolute Gasteiger partial charge is 0.178 e. The van der Waals surface area contributed by atoms with Crippen LogP contribution in [0, 0.1) is 10.6 Å². The molecule has 0 radical (unpaired) electrons. The van der Waals surface area contributed by atoms with Gasteiger partial charge in [-0.25, -0.2) is 4.39 Å². The van der Waals surface area contributed by atoms with E-state index in [9.17, 15) is 4.39 Å². The highest BCUT2D eigenvalue weighted by Crippen LogP contribution is 2.42. The summed E-state index contributed by atoms with van der Waals surface area (Å²) in [7, 11) is 0. The number of nitrogens with one attached hydrogen (secondary N) is 1. The van der Waals surface area contributed by atoms with Gasteiger partial charge in [-0.1, -0.05) is 12.8 Å². The second-order valence-corrected chi connectivity index (χ2v) is 7.91. The van der Waals surface area contributed by atoms with Gasteiger partial charge in [0.25, 0.3) is 0 Å². The van der Waals surface area contributed by atoms with Crippen LogP contribution in [0.1, 0.15) is 25.7 Å². The second-order valence-electron chi connectivity index (χ2n) is 5.39. The van der Waals surface area contributed by atoms with E-state index in [0.29, 0.717) is 9.24 Å². The molecular weight excluding hydrogens is 359 g/mol. The monoisotopic (exact) mass is 374 g/mol. The van der Waals surface area contributed by atoms with Crippen LogP contribution in [0.15, 0.2) is 16.6 Å². The van der Waals surface area contributed by atoms with Crippen LogP contribution in [0.2, 0.25) is 0 Å². The first-order valence-corrected chi connectivity index (χ1v) is 9.10. The zero-order valence-electron chi connectivity index (χ0n) is 11.2. The lowest BCUT2D eigenvalue weighted by molar-refractivity contribution is 0.510. The zero-order valence-corrected chi connectivity index (χ0v) is 14.4. The van der Waals surface area contributed by atoms with E-state index in [4.69, 9.17) is 12.2 Å². The van der Waals surface area contributed by atoms with Crippen LogP contribution in [0.5, 0.6) is 0 Å². The number of rotatable bonds is 3. The molecule has 20 heavy (non-hydrogen) atoms. The predicted octanol–water partition coefficient (Wildman–Crippen LogP) is 5.28. The van der Waals surface area contributed by atoms with Gasteiger partial charge in [0.05, 0.1) is 15.5 Å². The number of H-pyrrole nitrogens is 1. The van der Waals surface area contributed by atoms with Gasteiger partial charge in [-0.2, -0.15) is 11.8 Å². The normalized spacial score (nSPS) is 17.9. The maximum absolute atomic E-state index is 13.6. The second kappa shape index (κ2) is 5.46. The molecule has 1 N–H and O–H groups in total. The third-order valence-corrected chi connectivity index (χ3v) is 6.54. The van der Waals surface area contributed by atoms with Gasteiger partial charge in [0.1, 0.15) is 5.82 Å². The Morgan fingerprint density at radius 1 is 1.45 bits per heavy atom. The number of hydrogen-bond acceptors (Lipinski definition) is 2. The first-order valence-electron chi connectivity index (χ1n) is 6.67. The van der Waals surface area contributed by atoms with Crippen molar-refractivity contribution in [2.75, 3.05) is 6.26 Å². The fourth-order valence-electron chi connectivity index (χ4n) is 3.04. The van der Waals surface area contributed by atoms with Crippen molar-refractivity contribution in [2.45, 2.75) is 37.0 Å². The molecule has 0 atom stereocenters. The molecule has 1 aliphatic rings. The quantitative estimate of drug-likeness (QED) is 0.737. The third-order valence-electron chi connectivity index (χ3n) is 4.21. The molecule has 2 nitrogen and oxygen atoms in total. The van der Waals surface area contributed by atoms with E-state index in [2.05, 4.69) is 31.7 Å². The Hall–Kier alpha value is -0.330. The number of thioether (sulfide) groups is 1. The summed E-state index contributed by atoms with van der Waals surface area (Å²) in [6, 6.07) is 3.33. The summed E-state index contributed by atoms with van der Waals surface area (Å²) in [6.45, 7) is 0.894. The highest BCUT2D eigenvalue weighted by Gasteiger charge is 2.34. The summed E-state index contributed by atoms with van der Waals surface area (Å²) in [5, 5.41) is 0. The van der Waals surface area contributed by atoms with Gasteiger partial charge in [0, 0.05) is 17.4 Å². The minimum Gasteiger partial charge on any atom is -0.330 e. The van der Waals surface area contributed by atoms with Crippen molar-refractivity contribution in [1.29, 1.82) is 0 Å². The molecular formula is C14H16BrFN2S2. The number of benzene rings is 1. The number of halogens is 2. The van der Waals surface area contributed by atoms with Crippen LogP contribution in [0.3, 0.4) is 0 Å². The third kappa shape index (κ3) is 2.46. The van der Waals surface area contributed by atoms with Crippen LogP contribution >= 0.6 is 39.9 Å². The number of imidazole rings is 1. The number of aromatic nitrogens is 2. The first kappa shape index (κ1) is 14.6. The van der Waals surface area contributed by atoms with Crippen molar-refractivity contribution in [2.24, 2.45) is 0 Å². The van der Waals surface area contributed by atoms with Crippen LogP contribution in [-0.2, 0) is 6.54 Å². The molecule has 0 unspecified atom stereocenters. The lowest BCUT2D eigenvalue weighted by Crippen LogP contribution is -2.26. The Labute approximate surface area is 135 Å². The molecule has 0 spiro atoms. The van der Waals surface area contributed by atoms with Crippen molar-refractivity contribution in [3.05, 3.63) is 27.2 Å². The van der Waals surface area contributed by atoms with Crippen molar-refractivity contribution in [3.8, 4) is 0 Å². The number of hydrogen-bond donors (Lipinski definition) is 1. The molecule has 1 saturated carbocycles. The fraction of sp³-hybridized carbons (Fsp3) is 0.500. The lowest BCUT2D eigenvalue weighted by atomic mass is 10.1. The van der Waals surface area contributed by atoms with E-state index in [1.807, 2.05) is 17.8 Å². The summed E-state index contributed by atoms with van der Waals surface area (Å²) in [5.41, 5.74) is 1.74. The molecule has 108 valence electrons. The summed E-state index contributed by atoms with van der Waals surface area (Å²) >= 11 is 10.6. The van der Waals surface area contributed by atoms with Gasteiger partial charge in [-0.05, 0) is 53.3 Å². The average molecular weight is 375 g/mol. The molecule has 1 fully saturated rings. The van der Waals surface area contributed by atoms with Gasteiger partial charge >= 0.3 is 0 Å². The first-order chi connectivity index (χ1) is 9.54. The van der Waals surface area contributed by atoms with Crippen LogP contribution in [0.25, 0.3) is 11.0 Å². The Morgan fingerprint density at radius 2 is 2.15 bits per heavy atom. The summed E-state index contributed by atoms with van der Waals surface area (Å²) < 4.78 is 17.2. The van der Waals surface area contributed by atoms with E-state index < -0.39 is 0 Å². The van der Waals surface area contributed by atoms with E-state index in [0.717, 1.165) is 17.6 Å². The molecule has 6 heteroatoms. The van der Waals surface area contributed by atoms with Gasteiger partial charge < -0.3 is 9.55 Å². The van der Waals surface area contributed by atoms with Crippen molar-refractivity contribution in [1.82, 2.24) is 9.55 Å². The van der Waals surface area contributed by atoms with E-state index >= 15 is 0 Å². The number of nitrogens with zero attached hydrogens (tertiary/aromatic N) is 1. The highest BCUT2D eigenvalue weighted by atomic mass is 79.9. The largest absolute Gasteiger partial charge is 0.330 e. The molecule has 0 saturated heterocycles. The predicted molar refractivity (Wildman–Crippen MR) is 89.5 cm³/mol. The molecule has 1 heterocycles. The topological polar surface area (TPSA) is 20.7 Å². The molecule has 1 aromatic heterocycles.